The molecule has 11 heteroatoms. The van der Waals surface area contributed by atoms with Crippen LogP contribution in [0.1, 0.15) is 85.1 Å². The van der Waals surface area contributed by atoms with Gasteiger partial charge in [0.2, 0.25) is 11.8 Å². The lowest BCUT2D eigenvalue weighted by Gasteiger charge is -2.32. The molecule has 244 valence electrons. The highest BCUT2D eigenvalue weighted by molar-refractivity contribution is 5.94. The van der Waals surface area contributed by atoms with Crippen LogP contribution in [0.15, 0.2) is 24.3 Å². The number of aromatic hydroxyl groups is 1. The van der Waals surface area contributed by atoms with Crippen molar-refractivity contribution >= 4 is 23.7 Å². The number of nitrogens with one attached hydrogen (secondary N) is 3. The number of aliphatic hydroxyl groups is 1. The highest BCUT2D eigenvalue weighted by Gasteiger charge is 2.36. The summed E-state index contributed by atoms with van der Waals surface area (Å²) in [5, 5.41) is 38.6. The van der Waals surface area contributed by atoms with Crippen LogP contribution in [-0.4, -0.2) is 88.3 Å². The second-order valence-electron chi connectivity index (χ2n) is 12.1. The van der Waals surface area contributed by atoms with Gasteiger partial charge in [0.05, 0.1) is 0 Å². The number of nitrogens with zero attached hydrogens (tertiary/aromatic N) is 1. The molecule has 0 aliphatic rings. The van der Waals surface area contributed by atoms with Crippen LogP contribution in [-0.2, 0) is 25.6 Å². The summed E-state index contributed by atoms with van der Waals surface area (Å²) in [6.07, 6.45) is 4.74. The SMILES string of the molecule is CCCCCCCC(NC)C(O)C(=O)NC(C(=O)NC(CC(C)C)C(=O)N(C)C(Cc1ccc(O)cc1)C(=O)O)C(C)C. The topological polar surface area (TPSA) is 168 Å². The van der Waals surface area contributed by atoms with Gasteiger partial charge in [-0.3, -0.25) is 14.4 Å². The normalized spacial score (nSPS) is 14.9. The van der Waals surface area contributed by atoms with Crippen molar-refractivity contribution in [3.8, 4) is 5.75 Å². The third kappa shape index (κ3) is 12.9. The molecule has 0 spiro atoms. The first kappa shape index (κ1) is 37.8. The molecule has 5 atom stereocenters. The van der Waals surface area contributed by atoms with Crippen molar-refractivity contribution < 1.29 is 34.5 Å². The highest BCUT2D eigenvalue weighted by Crippen LogP contribution is 2.17. The average molecular weight is 607 g/mol. The second kappa shape index (κ2) is 19.2. The molecule has 3 amide bonds. The summed E-state index contributed by atoms with van der Waals surface area (Å²) in [6.45, 7) is 9.41. The molecule has 0 bridgehead atoms. The number of phenolic OH excluding ortho intramolecular Hbond substituents is 1. The Bertz CT molecular complexity index is 1020. The molecule has 5 unspecified atom stereocenters. The van der Waals surface area contributed by atoms with Gasteiger partial charge in [-0.1, -0.05) is 78.9 Å². The van der Waals surface area contributed by atoms with E-state index in [9.17, 15) is 34.5 Å². The van der Waals surface area contributed by atoms with Gasteiger partial charge in [0, 0.05) is 19.5 Å². The predicted molar refractivity (Wildman–Crippen MR) is 166 cm³/mol. The first-order valence-electron chi connectivity index (χ1n) is 15.5. The number of amides is 3. The zero-order chi connectivity index (χ0) is 32.7. The molecular weight excluding hydrogens is 552 g/mol. The first-order valence-corrected chi connectivity index (χ1v) is 15.5. The number of carbonyl (C=O) groups is 4. The molecule has 0 aliphatic heterocycles. The van der Waals surface area contributed by atoms with Gasteiger partial charge in [-0.2, -0.15) is 0 Å². The fraction of sp³-hybridized carbons (Fsp3) is 0.688. The Balaban J connectivity index is 3.02. The van der Waals surface area contributed by atoms with Crippen molar-refractivity contribution in [1.82, 2.24) is 20.9 Å². The maximum absolute atomic E-state index is 13.6. The Kier molecular flexibility index (Phi) is 16.9. The maximum atomic E-state index is 13.6. The molecule has 1 rings (SSSR count). The molecule has 43 heavy (non-hydrogen) atoms. The van der Waals surface area contributed by atoms with Crippen molar-refractivity contribution in [2.45, 2.75) is 116 Å². The van der Waals surface area contributed by atoms with E-state index in [1.54, 1.807) is 33.0 Å². The van der Waals surface area contributed by atoms with E-state index in [1.165, 1.54) is 19.2 Å². The average Bonchev–Trinajstić information content (AvgIpc) is 2.95. The lowest BCUT2D eigenvalue weighted by atomic mass is 9.97. The number of phenols is 1. The number of likely N-dealkylation sites (N-methyl/N-ethyl adjacent to an activating group) is 2. The minimum Gasteiger partial charge on any atom is -0.508 e. The minimum absolute atomic E-state index is 0.00793. The Morgan fingerprint density at radius 1 is 0.907 bits per heavy atom. The number of hydrogen-bond donors (Lipinski definition) is 6. The van der Waals surface area contributed by atoms with E-state index in [4.69, 9.17) is 0 Å². The zero-order valence-electron chi connectivity index (χ0n) is 26.9. The fourth-order valence-corrected chi connectivity index (χ4v) is 4.98. The Morgan fingerprint density at radius 3 is 2.02 bits per heavy atom. The summed E-state index contributed by atoms with van der Waals surface area (Å²) in [5.74, 6) is -3.36. The van der Waals surface area contributed by atoms with Crippen molar-refractivity contribution in [3.05, 3.63) is 29.8 Å². The van der Waals surface area contributed by atoms with E-state index < -0.39 is 54.0 Å². The van der Waals surface area contributed by atoms with Crippen LogP contribution in [0.2, 0.25) is 0 Å². The minimum atomic E-state index is -1.36. The number of aliphatic hydroxyl groups excluding tert-OH is 1. The molecule has 0 heterocycles. The van der Waals surface area contributed by atoms with Crippen LogP contribution in [0.4, 0.5) is 0 Å². The number of unbranched alkanes of at least 4 members (excludes halogenated alkanes) is 4. The molecule has 0 aromatic heterocycles. The number of aliphatic carboxylic acids is 1. The summed E-state index contributed by atoms with van der Waals surface area (Å²) in [7, 11) is 3.07. The number of hydrogen-bond acceptors (Lipinski definition) is 7. The standard InChI is InChI=1S/C32H54N4O7/c1-8-9-10-11-12-13-24(33-6)28(38)30(40)35-27(21(4)5)29(39)34-25(18-20(2)3)31(41)36(7)26(32(42)43)19-22-14-16-23(37)17-15-22/h14-17,20-21,24-28,33,37-38H,8-13,18-19H2,1-7H3,(H,34,39)(H,35,40)(H,42,43). The van der Waals surface area contributed by atoms with Crippen molar-refractivity contribution in [1.29, 1.82) is 0 Å². The van der Waals surface area contributed by atoms with Crippen LogP contribution in [0.25, 0.3) is 0 Å². The van der Waals surface area contributed by atoms with E-state index in [2.05, 4.69) is 22.9 Å². The van der Waals surface area contributed by atoms with E-state index in [0.717, 1.165) is 37.0 Å². The number of benzene rings is 1. The second-order valence-corrected chi connectivity index (χ2v) is 12.1. The van der Waals surface area contributed by atoms with Crippen molar-refractivity contribution in [3.63, 3.8) is 0 Å². The predicted octanol–water partition coefficient (Wildman–Crippen LogP) is 2.83. The molecule has 1 aromatic rings. The Hall–Kier alpha value is -3.18. The van der Waals surface area contributed by atoms with Crippen LogP contribution in [0.3, 0.4) is 0 Å². The van der Waals surface area contributed by atoms with Gasteiger partial charge in [0.1, 0.15) is 30.0 Å². The van der Waals surface area contributed by atoms with Gasteiger partial charge in [0.25, 0.3) is 5.91 Å². The summed E-state index contributed by atoms with van der Waals surface area (Å²) < 4.78 is 0. The number of carboxylic acids is 1. The Labute approximate surface area is 256 Å². The number of carbonyl (C=O) groups excluding carboxylic acids is 3. The maximum Gasteiger partial charge on any atom is 0.326 e. The molecule has 0 aliphatic carbocycles. The molecule has 0 saturated carbocycles. The summed E-state index contributed by atoms with van der Waals surface area (Å²) in [5.41, 5.74) is 0.622. The van der Waals surface area contributed by atoms with E-state index in [0.29, 0.717) is 12.0 Å². The van der Waals surface area contributed by atoms with Crippen LogP contribution in [0, 0.1) is 11.8 Å². The van der Waals surface area contributed by atoms with Gasteiger partial charge in [0.15, 0.2) is 0 Å². The van der Waals surface area contributed by atoms with Crippen molar-refractivity contribution in [2.24, 2.45) is 11.8 Å². The fourth-order valence-electron chi connectivity index (χ4n) is 4.98. The third-order valence-corrected chi connectivity index (χ3v) is 7.67. The summed E-state index contributed by atoms with van der Waals surface area (Å²) in [6, 6.07) is 2.34. The first-order chi connectivity index (χ1) is 20.2. The Morgan fingerprint density at radius 2 is 1.51 bits per heavy atom. The summed E-state index contributed by atoms with van der Waals surface area (Å²) >= 11 is 0. The monoisotopic (exact) mass is 606 g/mol. The number of rotatable bonds is 20. The van der Waals surface area contributed by atoms with Crippen LogP contribution in [0.5, 0.6) is 5.75 Å². The van der Waals surface area contributed by atoms with Gasteiger partial charge >= 0.3 is 5.97 Å². The quantitative estimate of drug-likeness (QED) is 0.123. The van der Waals surface area contributed by atoms with Gasteiger partial charge < -0.3 is 36.2 Å². The lowest BCUT2D eigenvalue weighted by molar-refractivity contribution is -0.150. The molecule has 11 nitrogen and oxygen atoms in total. The summed E-state index contributed by atoms with van der Waals surface area (Å²) in [4.78, 5) is 53.4. The largest absolute Gasteiger partial charge is 0.508 e. The van der Waals surface area contributed by atoms with Crippen LogP contribution < -0.4 is 16.0 Å². The lowest BCUT2D eigenvalue weighted by Crippen LogP contribution is -2.59. The third-order valence-electron chi connectivity index (χ3n) is 7.67. The zero-order valence-corrected chi connectivity index (χ0v) is 26.9. The van der Waals surface area contributed by atoms with Gasteiger partial charge in [-0.25, -0.2) is 4.79 Å². The van der Waals surface area contributed by atoms with Crippen LogP contribution >= 0.6 is 0 Å². The molecular formula is C32H54N4O7. The van der Waals surface area contributed by atoms with E-state index >= 15 is 0 Å². The smallest absolute Gasteiger partial charge is 0.326 e. The molecule has 0 saturated heterocycles. The van der Waals surface area contributed by atoms with Crippen molar-refractivity contribution in [2.75, 3.05) is 14.1 Å². The molecule has 1 aromatic carbocycles. The molecule has 0 radical (unpaired) electrons. The van der Waals surface area contributed by atoms with Gasteiger partial charge in [-0.05, 0) is 49.4 Å². The molecule has 6 N–H and O–H groups in total. The molecule has 0 fully saturated rings. The number of carboxylic acid groups (broad SMARTS) is 1. The van der Waals surface area contributed by atoms with E-state index in [1.807, 2.05) is 13.8 Å². The van der Waals surface area contributed by atoms with Gasteiger partial charge in [-0.15, -0.1) is 0 Å². The highest BCUT2D eigenvalue weighted by atomic mass is 16.4. The van der Waals surface area contributed by atoms with E-state index in [-0.39, 0.29) is 30.4 Å².